The predicted molar refractivity (Wildman–Crippen MR) is 96.6 cm³/mol. The maximum atomic E-state index is 10.4. The van der Waals surface area contributed by atoms with E-state index in [4.69, 9.17) is 21.7 Å². The lowest BCUT2D eigenvalue weighted by atomic mass is 10.2. The zero-order chi connectivity index (χ0) is 17.0. The fourth-order valence-corrected chi connectivity index (χ4v) is 3.45. The van der Waals surface area contributed by atoms with Gasteiger partial charge in [0, 0.05) is 12.1 Å². The molecule has 2 rings (SSSR count). The van der Waals surface area contributed by atoms with E-state index in [-0.39, 0.29) is 11.9 Å². The molecule has 124 valence electrons. The van der Waals surface area contributed by atoms with Crippen LogP contribution in [0.2, 0.25) is 0 Å². The first-order valence-electron chi connectivity index (χ1n) is 7.22. The predicted octanol–water partition coefficient (Wildman–Crippen LogP) is 4.72. The monoisotopic (exact) mass is 352 g/mol. The average molecular weight is 352 g/mol. The van der Waals surface area contributed by atoms with Gasteiger partial charge in [-0.15, -0.1) is 0 Å². The molecule has 0 unspecified atom stereocenters. The minimum Gasteiger partial charge on any atom is -0.497 e. The molecule has 0 bridgehead atoms. The van der Waals surface area contributed by atoms with Crippen molar-refractivity contribution in [2.24, 2.45) is 4.99 Å². The molecule has 0 amide bonds. The summed E-state index contributed by atoms with van der Waals surface area (Å²) in [5.74, 6) is 1.46. The second-order valence-corrected chi connectivity index (χ2v) is 6.65. The van der Waals surface area contributed by atoms with Crippen LogP contribution in [0.15, 0.2) is 23.2 Å². The Morgan fingerprint density at radius 3 is 2.74 bits per heavy atom. The van der Waals surface area contributed by atoms with Crippen LogP contribution in [0.3, 0.4) is 0 Å². The number of hydrogen-bond acceptors (Lipinski definition) is 6. The van der Waals surface area contributed by atoms with Crippen molar-refractivity contribution in [1.82, 2.24) is 4.57 Å². The number of rotatable bonds is 6. The summed E-state index contributed by atoms with van der Waals surface area (Å²) < 4.78 is 12.9. The van der Waals surface area contributed by atoms with Crippen LogP contribution in [0.5, 0.6) is 17.4 Å². The van der Waals surface area contributed by atoms with E-state index in [9.17, 15) is 5.11 Å². The fourth-order valence-electron chi connectivity index (χ4n) is 2.07. The third kappa shape index (κ3) is 3.73. The second-order valence-electron chi connectivity index (χ2n) is 4.98. The Morgan fingerprint density at radius 1 is 1.39 bits per heavy atom. The number of benzene rings is 1. The first-order chi connectivity index (χ1) is 11.0. The lowest BCUT2D eigenvalue weighted by molar-refractivity contribution is 0.384. The Kier molecular flexibility index (Phi) is 5.79. The van der Waals surface area contributed by atoms with Crippen LogP contribution in [0, 0.1) is 3.95 Å². The summed E-state index contributed by atoms with van der Waals surface area (Å²) in [5, 5.41) is 10.4. The quantitative estimate of drug-likeness (QED) is 0.603. The van der Waals surface area contributed by atoms with Crippen LogP contribution in [-0.4, -0.2) is 30.1 Å². The third-order valence-corrected chi connectivity index (χ3v) is 4.91. The molecule has 1 aromatic carbocycles. The Bertz CT molecular complexity index is 765. The summed E-state index contributed by atoms with van der Waals surface area (Å²) in [6.45, 7) is 4.08. The van der Waals surface area contributed by atoms with Gasteiger partial charge in [0.1, 0.15) is 22.1 Å². The van der Waals surface area contributed by atoms with E-state index in [1.807, 2.05) is 6.92 Å². The minimum atomic E-state index is 0.149. The lowest BCUT2D eigenvalue weighted by Crippen LogP contribution is -2.02. The van der Waals surface area contributed by atoms with Crippen molar-refractivity contribution in [3.8, 4) is 17.4 Å². The van der Waals surface area contributed by atoms with E-state index in [0.29, 0.717) is 26.0 Å². The zero-order valence-electron chi connectivity index (χ0n) is 13.6. The molecule has 1 heterocycles. The number of ether oxygens (including phenoxy) is 2. The van der Waals surface area contributed by atoms with Gasteiger partial charge in [0.15, 0.2) is 3.95 Å². The maximum absolute atomic E-state index is 10.4. The van der Waals surface area contributed by atoms with Crippen LogP contribution in [0.25, 0.3) is 0 Å². The summed E-state index contributed by atoms with van der Waals surface area (Å²) in [7, 11) is 3.18. The van der Waals surface area contributed by atoms with Crippen molar-refractivity contribution in [3.05, 3.63) is 27.0 Å². The van der Waals surface area contributed by atoms with Crippen LogP contribution in [-0.2, 0) is 0 Å². The Balaban J connectivity index is 2.36. The molecule has 0 saturated carbocycles. The first kappa shape index (κ1) is 17.5. The summed E-state index contributed by atoms with van der Waals surface area (Å²) in [6, 6.07) is 5.52. The smallest absolute Gasteiger partial charge is 0.212 e. The van der Waals surface area contributed by atoms with E-state index in [2.05, 4.69) is 11.9 Å². The number of aromatic hydroxyl groups is 1. The highest BCUT2D eigenvalue weighted by atomic mass is 32.1. The summed E-state index contributed by atoms with van der Waals surface area (Å²) in [6.07, 6.45) is 2.50. The van der Waals surface area contributed by atoms with E-state index in [1.54, 1.807) is 43.2 Å². The van der Waals surface area contributed by atoms with Crippen LogP contribution in [0.1, 0.15) is 31.2 Å². The van der Waals surface area contributed by atoms with Gasteiger partial charge in [-0.2, -0.15) is 0 Å². The molecule has 0 fully saturated rings. The largest absolute Gasteiger partial charge is 0.497 e. The molecule has 23 heavy (non-hydrogen) atoms. The van der Waals surface area contributed by atoms with Gasteiger partial charge in [-0.05, 0) is 37.7 Å². The molecule has 2 aromatic rings. The molecule has 0 aliphatic heterocycles. The van der Waals surface area contributed by atoms with Crippen LogP contribution >= 0.6 is 23.6 Å². The molecular weight excluding hydrogens is 332 g/mol. The van der Waals surface area contributed by atoms with Gasteiger partial charge in [-0.1, -0.05) is 18.3 Å². The SMILES string of the molecule is CC[C@H](C)n1c(O)c(C=Nc2ccc(OC)cc2OC)sc1=S. The molecule has 7 heteroatoms. The number of aromatic nitrogens is 1. The van der Waals surface area contributed by atoms with Crippen molar-refractivity contribution in [3.63, 3.8) is 0 Å². The minimum absolute atomic E-state index is 0.149. The van der Waals surface area contributed by atoms with Crippen molar-refractivity contribution >= 4 is 35.5 Å². The molecule has 0 radical (unpaired) electrons. The molecule has 1 N–H and O–H groups in total. The normalized spacial score (nSPS) is 12.5. The van der Waals surface area contributed by atoms with Gasteiger partial charge in [0.2, 0.25) is 5.88 Å². The second kappa shape index (κ2) is 7.61. The Labute approximate surface area is 144 Å². The van der Waals surface area contributed by atoms with Crippen molar-refractivity contribution in [2.45, 2.75) is 26.3 Å². The summed E-state index contributed by atoms with van der Waals surface area (Å²) >= 11 is 6.67. The molecule has 1 aromatic heterocycles. The van der Waals surface area contributed by atoms with Gasteiger partial charge >= 0.3 is 0 Å². The topological polar surface area (TPSA) is 56.0 Å². The van der Waals surface area contributed by atoms with Crippen molar-refractivity contribution < 1.29 is 14.6 Å². The van der Waals surface area contributed by atoms with Gasteiger partial charge < -0.3 is 14.6 Å². The Morgan fingerprint density at radius 2 is 2.13 bits per heavy atom. The number of nitrogens with zero attached hydrogens (tertiary/aromatic N) is 2. The van der Waals surface area contributed by atoms with Crippen molar-refractivity contribution in [2.75, 3.05) is 14.2 Å². The molecular formula is C16H20N2O3S2. The first-order valence-corrected chi connectivity index (χ1v) is 8.44. The molecule has 0 saturated heterocycles. The Hall–Kier alpha value is -1.86. The standard InChI is InChI=1S/C16H20N2O3S2/c1-5-10(2)18-15(19)14(23-16(18)22)9-17-12-7-6-11(20-3)8-13(12)21-4/h6-10,19H,5H2,1-4H3/t10-/m0/s1. The average Bonchev–Trinajstić information content (AvgIpc) is 2.85. The molecule has 5 nitrogen and oxygen atoms in total. The molecule has 0 aliphatic carbocycles. The van der Waals surface area contributed by atoms with E-state index >= 15 is 0 Å². The third-order valence-electron chi connectivity index (χ3n) is 3.58. The number of methoxy groups -OCH3 is 2. The van der Waals surface area contributed by atoms with E-state index in [0.717, 1.165) is 6.42 Å². The molecule has 0 spiro atoms. The summed E-state index contributed by atoms with van der Waals surface area (Å²) in [4.78, 5) is 5.04. The van der Waals surface area contributed by atoms with E-state index < -0.39 is 0 Å². The number of thiazole rings is 1. The highest BCUT2D eigenvalue weighted by Gasteiger charge is 2.14. The highest BCUT2D eigenvalue weighted by Crippen LogP contribution is 2.33. The fraction of sp³-hybridized carbons (Fsp3) is 0.375. The highest BCUT2D eigenvalue weighted by molar-refractivity contribution is 7.73. The van der Waals surface area contributed by atoms with Gasteiger partial charge in [-0.3, -0.25) is 9.56 Å². The van der Waals surface area contributed by atoms with Gasteiger partial charge in [0.25, 0.3) is 0 Å². The van der Waals surface area contributed by atoms with Gasteiger partial charge in [0.05, 0.1) is 20.4 Å². The van der Waals surface area contributed by atoms with Crippen LogP contribution < -0.4 is 9.47 Å². The van der Waals surface area contributed by atoms with E-state index in [1.165, 1.54) is 11.3 Å². The summed E-state index contributed by atoms with van der Waals surface area (Å²) in [5.41, 5.74) is 0.655. The number of aliphatic imine (C=N–C) groups is 1. The van der Waals surface area contributed by atoms with Gasteiger partial charge in [-0.25, -0.2) is 0 Å². The van der Waals surface area contributed by atoms with Crippen LogP contribution in [0.4, 0.5) is 5.69 Å². The maximum Gasteiger partial charge on any atom is 0.212 e. The molecule has 0 aliphatic rings. The molecule has 1 atom stereocenters. The lowest BCUT2D eigenvalue weighted by Gasteiger charge is -2.11. The number of hydrogen-bond donors (Lipinski definition) is 1. The van der Waals surface area contributed by atoms with Crippen molar-refractivity contribution in [1.29, 1.82) is 0 Å². The zero-order valence-corrected chi connectivity index (χ0v) is 15.2.